The maximum Gasteiger partial charge on any atom is 0.326 e. The fraction of sp³-hybridized carbons (Fsp3) is 0.118. The number of hydrogen-bond donors (Lipinski definition) is 1. The first-order chi connectivity index (χ1) is 11.6. The van der Waals surface area contributed by atoms with Crippen LogP contribution in [0.4, 0.5) is 5.69 Å². The number of ether oxygens (including phenoxy) is 1. The van der Waals surface area contributed by atoms with Crippen molar-refractivity contribution < 1.29 is 14.6 Å². The second-order valence-electron chi connectivity index (χ2n) is 5.16. The molecule has 0 radical (unpaired) electrons. The number of aromatic nitrogens is 1. The Kier molecular flexibility index (Phi) is 4.61. The highest BCUT2D eigenvalue weighted by molar-refractivity contribution is 9.10. The zero-order valence-electron chi connectivity index (χ0n) is 12.5. The lowest BCUT2D eigenvalue weighted by atomic mass is 10.2. The molecule has 1 N–H and O–H groups in total. The van der Waals surface area contributed by atoms with Crippen molar-refractivity contribution in [2.45, 2.75) is 13.2 Å². The van der Waals surface area contributed by atoms with Crippen molar-refractivity contribution in [2.75, 3.05) is 0 Å². The third kappa shape index (κ3) is 3.16. The number of carbonyl (C=O) groups is 1. The fourth-order valence-electron chi connectivity index (χ4n) is 2.46. The summed E-state index contributed by atoms with van der Waals surface area (Å²) in [7, 11) is 0. The molecule has 0 spiro atoms. The van der Waals surface area contributed by atoms with Gasteiger partial charge in [-0.25, -0.2) is 0 Å². The maximum atomic E-state index is 12.1. The minimum atomic E-state index is -0.522. The molecular formula is C17H13BrN2O4. The minimum Gasteiger partial charge on any atom is -0.493 e. The number of esters is 1. The SMILES string of the molecule is O=Nc1c(O)n(CC(=O)OCc2ccccc2)c2ccc(Br)cc12. The van der Waals surface area contributed by atoms with E-state index in [1.807, 2.05) is 30.3 Å². The minimum absolute atomic E-state index is 0.0952. The van der Waals surface area contributed by atoms with E-state index in [4.69, 9.17) is 4.74 Å². The first kappa shape index (κ1) is 16.2. The Balaban J connectivity index is 1.83. The van der Waals surface area contributed by atoms with Crippen molar-refractivity contribution in [1.29, 1.82) is 0 Å². The summed E-state index contributed by atoms with van der Waals surface area (Å²) in [6.45, 7) is -0.0731. The molecule has 6 nitrogen and oxygen atoms in total. The van der Waals surface area contributed by atoms with Crippen LogP contribution < -0.4 is 0 Å². The second-order valence-corrected chi connectivity index (χ2v) is 6.07. The van der Waals surface area contributed by atoms with Gasteiger partial charge >= 0.3 is 5.97 Å². The number of nitroso groups, excluding NO2 is 1. The number of fused-ring (bicyclic) bond motifs is 1. The summed E-state index contributed by atoms with van der Waals surface area (Å²) in [5, 5.41) is 13.5. The van der Waals surface area contributed by atoms with Crippen LogP contribution in [-0.2, 0) is 22.7 Å². The first-order valence-electron chi connectivity index (χ1n) is 7.13. The van der Waals surface area contributed by atoms with E-state index in [-0.39, 0.29) is 24.7 Å². The summed E-state index contributed by atoms with van der Waals surface area (Å²) in [5.41, 5.74) is 1.30. The lowest BCUT2D eigenvalue weighted by Crippen LogP contribution is -2.13. The largest absolute Gasteiger partial charge is 0.493 e. The molecular weight excluding hydrogens is 376 g/mol. The van der Waals surface area contributed by atoms with Crippen LogP contribution in [0.15, 0.2) is 58.2 Å². The number of benzene rings is 2. The van der Waals surface area contributed by atoms with E-state index in [0.29, 0.717) is 10.9 Å². The Morgan fingerprint density at radius 3 is 2.67 bits per heavy atom. The maximum absolute atomic E-state index is 12.1. The molecule has 0 aliphatic rings. The van der Waals surface area contributed by atoms with E-state index in [2.05, 4.69) is 21.1 Å². The molecule has 3 rings (SSSR count). The lowest BCUT2D eigenvalue weighted by Gasteiger charge is -2.08. The molecule has 0 bridgehead atoms. The molecule has 3 aromatic rings. The molecule has 0 unspecified atom stereocenters. The van der Waals surface area contributed by atoms with Gasteiger partial charge in [0.25, 0.3) is 0 Å². The highest BCUT2D eigenvalue weighted by atomic mass is 79.9. The van der Waals surface area contributed by atoms with Gasteiger partial charge in [-0.15, -0.1) is 4.91 Å². The van der Waals surface area contributed by atoms with Crippen molar-refractivity contribution in [1.82, 2.24) is 4.57 Å². The number of carbonyl (C=O) groups excluding carboxylic acids is 1. The van der Waals surface area contributed by atoms with Crippen LogP contribution in [-0.4, -0.2) is 15.6 Å². The first-order valence-corrected chi connectivity index (χ1v) is 7.93. The number of halogens is 1. The summed E-state index contributed by atoms with van der Waals surface area (Å²) in [5.74, 6) is -0.874. The van der Waals surface area contributed by atoms with E-state index < -0.39 is 5.97 Å². The van der Waals surface area contributed by atoms with Gasteiger partial charge in [-0.3, -0.25) is 9.36 Å². The van der Waals surface area contributed by atoms with Gasteiger partial charge in [0, 0.05) is 9.86 Å². The van der Waals surface area contributed by atoms with Gasteiger partial charge in [0.2, 0.25) is 5.88 Å². The molecule has 0 aliphatic carbocycles. The highest BCUT2D eigenvalue weighted by Crippen LogP contribution is 2.39. The predicted molar refractivity (Wildman–Crippen MR) is 93.0 cm³/mol. The van der Waals surface area contributed by atoms with Crippen LogP contribution in [0.2, 0.25) is 0 Å². The average molecular weight is 389 g/mol. The molecule has 7 heteroatoms. The van der Waals surface area contributed by atoms with Crippen LogP contribution >= 0.6 is 15.9 Å². The Morgan fingerprint density at radius 2 is 1.96 bits per heavy atom. The van der Waals surface area contributed by atoms with Gasteiger partial charge in [-0.05, 0) is 28.9 Å². The molecule has 0 fully saturated rings. The van der Waals surface area contributed by atoms with E-state index >= 15 is 0 Å². The van der Waals surface area contributed by atoms with Crippen molar-refractivity contribution >= 4 is 38.5 Å². The summed E-state index contributed by atoms with van der Waals surface area (Å²) < 4.78 is 7.26. The monoisotopic (exact) mass is 388 g/mol. The molecule has 0 amide bonds. The third-order valence-electron chi connectivity index (χ3n) is 3.59. The molecule has 24 heavy (non-hydrogen) atoms. The highest BCUT2D eigenvalue weighted by Gasteiger charge is 2.20. The lowest BCUT2D eigenvalue weighted by molar-refractivity contribution is -0.145. The summed E-state index contributed by atoms with van der Waals surface area (Å²) in [4.78, 5) is 23.1. The zero-order valence-corrected chi connectivity index (χ0v) is 14.1. The van der Waals surface area contributed by atoms with E-state index in [0.717, 1.165) is 10.0 Å². The Bertz CT molecular complexity index is 906. The fourth-order valence-corrected chi connectivity index (χ4v) is 2.82. The average Bonchev–Trinajstić information content (AvgIpc) is 2.84. The van der Waals surface area contributed by atoms with Crippen LogP contribution in [0.25, 0.3) is 10.9 Å². The van der Waals surface area contributed by atoms with Gasteiger partial charge in [-0.2, -0.15) is 0 Å². The van der Waals surface area contributed by atoms with Crippen LogP contribution in [0, 0.1) is 4.91 Å². The van der Waals surface area contributed by atoms with Crippen LogP contribution in [0.3, 0.4) is 0 Å². The van der Waals surface area contributed by atoms with E-state index in [1.54, 1.807) is 18.2 Å². The van der Waals surface area contributed by atoms with Gasteiger partial charge in [-0.1, -0.05) is 46.3 Å². The summed E-state index contributed by atoms with van der Waals surface area (Å²) >= 11 is 3.30. The molecule has 0 saturated heterocycles. The van der Waals surface area contributed by atoms with E-state index in [1.165, 1.54) is 4.57 Å². The van der Waals surface area contributed by atoms with Crippen molar-refractivity contribution in [3.8, 4) is 5.88 Å². The quantitative estimate of drug-likeness (QED) is 0.523. The number of hydrogen-bond acceptors (Lipinski definition) is 5. The number of rotatable bonds is 5. The molecule has 0 saturated carbocycles. The van der Waals surface area contributed by atoms with Crippen LogP contribution in [0.1, 0.15) is 5.56 Å². The Hall–Kier alpha value is -2.67. The molecule has 1 aromatic heterocycles. The molecule has 0 atom stereocenters. The van der Waals surface area contributed by atoms with Crippen molar-refractivity contribution in [2.24, 2.45) is 5.18 Å². The molecule has 122 valence electrons. The zero-order chi connectivity index (χ0) is 17.1. The standard InChI is InChI=1S/C17H13BrN2O4/c18-12-6-7-14-13(8-12)16(19-23)17(22)20(14)9-15(21)24-10-11-4-2-1-3-5-11/h1-8,22H,9-10H2. The Morgan fingerprint density at radius 1 is 1.21 bits per heavy atom. The second kappa shape index (κ2) is 6.84. The predicted octanol–water partition coefficient (Wildman–Crippen LogP) is 4.25. The van der Waals surface area contributed by atoms with Gasteiger partial charge < -0.3 is 9.84 Å². The molecule has 0 aliphatic heterocycles. The molecule has 1 heterocycles. The molecule has 2 aromatic carbocycles. The summed E-state index contributed by atoms with van der Waals surface area (Å²) in [6.07, 6.45) is 0. The van der Waals surface area contributed by atoms with Crippen molar-refractivity contribution in [3.05, 3.63) is 63.5 Å². The smallest absolute Gasteiger partial charge is 0.326 e. The van der Waals surface area contributed by atoms with E-state index in [9.17, 15) is 14.8 Å². The van der Waals surface area contributed by atoms with Gasteiger partial charge in [0.15, 0.2) is 5.69 Å². The Labute approximate surface area is 145 Å². The number of aromatic hydroxyl groups is 1. The van der Waals surface area contributed by atoms with Gasteiger partial charge in [0.05, 0.1) is 5.52 Å². The topological polar surface area (TPSA) is 80.9 Å². The van der Waals surface area contributed by atoms with Crippen molar-refractivity contribution in [3.63, 3.8) is 0 Å². The third-order valence-corrected chi connectivity index (χ3v) is 4.09. The number of nitrogens with zero attached hydrogens (tertiary/aromatic N) is 2. The van der Waals surface area contributed by atoms with Gasteiger partial charge in [0.1, 0.15) is 13.2 Å². The summed E-state index contributed by atoms with van der Waals surface area (Å²) in [6, 6.07) is 14.4. The normalized spacial score (nSPS) is 10.7. The van der Waals surface area contributed by atoms with Crippen LogP contribution in [0.5, 0.6) is 5.88 Å².